The molecular formula is C17H18INO. The molecule has 0 fully saturated rings. The van der Waals surface area contributed by atoms with Crippen molar-refractivity contribution in [3.8, 4) is 0 Å². The third kappa shape index (κ3) is 3.39. The first-order chi connectivity index (χ1) is 9.49. The van der Waals surface area contributed by atoms with Gasteiger partial charge in [0.05, 0.1) is 0 Å². The number of halogens is 1. The first kappa shape index (κ1) is 15.0. The monoisotopic (exact) mass is 379 g/mol. The maximum Gasteiger partial charge on any atom is 0.255 e. The van der Waals surface area contributed by atoms with Gasteiger partial charge in [-0.15, -0.1) is 0 Å². The van der Waals surface area contributed by atoms with Crippen LogP contribution >= 0.6 is 22.6 Å². The number of amides is 1. The van der Waals surface area contributed by atoms with Gasteiger partial charge in [-0.25, -0.2) is 0 Å². The zero-order valence-electron chi connectivity index (χ0n) is 11.9. The second-order valence-corrected chi connectivity index (χ2v) is 6.40. The predicted octanol–water partition coefficient (Wildman–Crippen LogP) is 4.98. The van der Waals surface area contributed by atoms with Crippen LogP contribution in [0.25, 0.3) is 0 Å². The van der Waals surface area contributed by atoms with Crippen LogP contribution in [0.4, 0.5) is 5.69 Å². The van der Waals surface area contributed by atoms with E-state index in [1.165, 1.54) is 5.56 Å². The van der Waals surface area contributed by atoms with Crippen molar-refractivity contribution < 1.29 is 4.79 Å². The van der Waals surface area contributed by atoms with Gasteiger partial charge in [-0.3, -0.25) is 4.79 Å². The molecule has 1 N–H and O–H groups in total. The summed E-state index contributed by atoms with van der Waals surface area (Å²) in [6, 6.07) is 13.7. The summed E-state index contributed by atoms with van der Waals surface area (Å²) >= 11 is 2.23. The molecule has 104 valence electrons. The molecule has 0 saturated carbocycles. The van der Waals surface area contributed by atoms with Crippen molar-refractivity contribution in [3.05, 3.63) is 62.7 Å². The van der Waals surface area contributed by atoms with E-state index in [1.54, 1.807) is 0 Å². The predicted molar refractivity (Wildman–Crippen MR) is 92.4 cm³/mol. The number of carbonyl (C=O) groups excluding carboxylic acids is 1. The second-order valence-electron chi connectivity index (χ2n) is 5.15. The molecule has 0 aliphatic carbocycles. The van der Waals surface area contributed by atoms with Gasteiger partial charge in [0.1, 0.15) is 0 Å². The number of para-hydroxylation sites is 1. The third-order valence-corrected chi connectivity index (χ3v) is 3.99. The molecule has 3 heteroatoms. The molecule has 0 aliphatic heterocycles. The molecule has 2 rings (SSSR count). The van der Waals surface area contributed by atoms with E-state index in [1.807, 2.05) is 43.3 Å². The van der Waals surface area contributed by atoms with Crippen molar-refractivity contribution in [2.75, 3.05) is 5.32 Å². The van der Waals surface area contributed by atoms with Gasteiger partial charge in [0.2, 0.25) is 0 Å². The minimum absolute atomic E-state index is 0.0578. The Labute approximate surface area is 133 Å². The lowest BCUT2D eigenvalue weighted by Crippen LogP contribution is -2.14. The largest absolute Gasteiger partial charge is 0.321 e. The lowest BCUT2D eigenvalue weighted by Gasteiger charge is -2.16. The molecule has 1 amide bonds. The molecule has 0 aromatic heterocycles. The van der Waals surface area contributed by atoms with E-state index in [-0.39, 0.29) is 5.91 Å². The highest BCUT2D eigenvalue weighted by atomic mass is 127. The Morgan fingerprint density at radius 3 is 2.35 bits per heavy atom. The molecule has 0 spiro atoms. The molecule has 2 aromatic rings. The molecule has 0 aliphatic rings. The fourth-order valence-corrected chi connectivity index (χ4v) is 2.49. The zero-order chi connectivity index (χ0) is 14.7. The van der Waals surface area contributed by atoms with Crippen molar-refractivity contribution in [2.24, 2.45) is 0 Å². The van der Waals surface area contributed by atoms with Gasteiger partial charge in [0, 0.05) is 14.8 Å². The molecule has 0 unspecified atom stereocenters. The quantitative estimate of drug-likeness (QED) is 0.750. The van der Waals surface area contributed by atoms with Crippen LogP contribution in [0.15, 0.2) is 42.5 Å². The van der Waals surface area contributed by atoms with E-state index < -0.39 is 0 Å². The van der Waals surface area contributed by atoms with Crippen LogP contribution in [0, 0.1) is 10.5 Å². The van der Waals surface area contributed by atoms with Crippen LogP contribution in [0.5, 0.6) is 0 Å². The van der Waals surface area contributed by atoms with Crippen molar-refractivity contribution in [3.63, 3.8) is 0 Å². The van der Waals surface area contributed by atoms with Crippen LogP contribution in [0.1, 0.15) is 41.3 Å². The Kier molecular flexibility index (Phi) is 4.81. The third-order valence-electron chi connectivity index (χ3n) is 3.27. The summed E-state index contributed by atoms with van der Waals surface area (Å²) < 4.78 is 1.12. The van der Waals surface area contributed by atoms with Crippen molar-refractivity contribution in [1.82, 2.24) is 0 Å². The lowest BCUT2D eigenvalue weighted by atomic mass is 9.98. The minimum Gasteiger partial charge on any atom is -0.321 e. The van der Waals surface area contributed by atoms with Gasteiger partial charge < -0.3 is 5.32 Å². The smallest absolute Gasteiger partial charge is 0.255 e. The van der Waals surface area contributed by atoms with Crippen LogP contribution in [0.2, 0.25) is 0 Å². The van der Waals surface area contributed by atoms with E-state index in [4.69, 9.17) is 0 Å². The SMILES string of the molecule is Cc1cccc(C(C)C)c1NC(=O)c1ccc(I)cc1. The number of hydrogen-bond donors (Lipinski definition) is 1. The van der Waals surface area contributed by atoms with E-state index in [0.717, 1.165) is 14.8 Å². The molecule has 0 saturated heterocycles. The van der Waals surface area contributed by atoms with Gasteiger partial charge in [0.25, 0.3) is 5.91 Å². The van der Waals surface area contributed by atoms with E-state index in [0.29, 0.717) is 11.5 Å². The van der Waals surface area contributed by atoms with Gasteiger partial charge in [-0.05, 0) is 70.8 Å². The topological polar surface area (TPSA) is 29.1 Å². The average Bonchev–Trinajstić information content (AvgIpc) is 2.41. The highest BCUT2D eigenvalue weighted by Crippen LogP contribution is 2.27. The molecule has 2 aromatic carbocycles. The van der Waals surface area contributed by atoms with E-state index in [2.05, 4.69) is 47.8 Å². The van der Waals surface area contributed by atoms with Gasteiger partial charge in [0.15, 0.2) is 0 Å². The zero-order valence-corrected chi connectivity index (χ0v) is 14.1. The first-order valence-electron chi connectivity index (χ1n) is 6.65. The van der Waals surface area contributed by atoms with E-state index >= 15 is 0 Å². The molecule has 0 atom stereocenters. The summed E-state index contributed by atoms with van der Waals surface area (Å²) in [5, 5.41) is 3.05. The fourth-order valence-electron chi connectivity index (χ4n) is 2.13. The van der Waals surface area contributed by atoms with Gasteiger partial charge in [-0.1, -0.05) is 32.0 Å². The fraction of sp³-hybridized carbons (Fsp3) is 0.235. The highest BCUT2D eigenvalue weighted by Gasteiger charge is 2.13. The standard InChI is InChI=1S/C17H18INO/c1-11(2)15-6-4-5-12(3)16(15)19-17(20)13-7-9-14(18)10-8-13/h4-11H,1-3H3,(H,19,20). The summed E-state index contributed by atoms with van der Waals surface area (Å²) in [6.45, 7) is 6.29. The van der Waals surface area contributed by atoms with Crippen LogP contribution < -0.4 is 5.32 Å². The van der Waals surface area contributed by atoms with Crippen molar-refractivity contribution in [2.45, 2.75) is 26.7 Å². The van der Waals surface area contributed by atoms with Gasteiger partial charge in [-0.2, -0.15) is 0 Å². The van der Waals surface area contributed by atoms with Crippen LogP contribution in [-0.4, -0.2) is 5.91 Å². The molecule has 0 bridgehead atoms. The first-order valence-corrected chi connectivity index (χ1v) is 7.73. The summed E-state index contributed by atoms with van der Waals surface area (Å²) in [5.41, 5.74) is 3.88. The summed E-state index contributed by atoms with van der Waals surface area (Å²) in [7, 11) is 0. The summed E-state index contributed by atoms with van der Waals surface area (Å²) in [6.07, 6.45) is 0. The average molecular weight is 379 g/mol. The Hall–Kier alpha value is -1.36. The van der Waals surface area contributed by atoms with Crippen LogP contribution in [0.3, 0.4) is 0 Å². The molecule has 0 radical (unpaired) electrons. The minimum atomic E-state index is -0.0578. The maximum atomic E-state index is 12.3. The number of benzene rings is 2. The number of rotatable bonds is 3. The number of carbonyl (C=O) groups is 1. The Bertz CT molecular complexity index is 617. The molecule has 2 nitrogen and oxygen atoms in total. The molecule has 20 heavy (non-hydrogen) atoms. The Morgan fingerprint density at radius 2 is 1.75 bits per heavy atom. The molecule has 0 heterocycles. The van der Waals surface area contributed by atoms with Crippen molar-refractivity contribution in [1.29, 1.82) is 0 Å². The van der Waals surface area contributed by atoms with Gasteiger partial charge >= 0.3 is 0 Å². The lowest BCUT2D eigenvalue weighted by molar-refractivity contribution is 0.102. The number of nitrogens with one attached hydrogen (secondary N) is 1. The maximum absolute atomic E-state index is 12.3. The number of anilines is 1. The van der Waals surface area contributed by atoms with E-state index in [9.17, 15) is 4.79 Å². The highest BCUT2D eigenvalue weighted by molar-refractivity contribution is 14.1. The Balaban J connectivity index is 2.30. The van der Waals surface area contributed by atoms with Crippen LogP contribution in [-0.2, 0) is 0 Å². The number of aryl methyl sites for hydroxylation is 1. The number of hydrogen-bond acceptors (Lipinski definition) is 1. The summed E-state index contributed by atoms with van der Waals surface area (Å²) in [5.74, 6) is 0.319. The molecular weight excluding hydrogens is 361 g/mol. The summed E-state index contributed by atoms with van der Waals surface area (Å²) in [4.78, 5) is 12.3. The Morgan fingerprint density at radius 1 is 1.10 bits per heavy atom. The second kappa shape index (κ2) is 6.39. The normalized spacial score (nSPS) is 10.7. The van der Waals surface area contributed by atoms with Crippen molar-refractivity contribution >= 4 is 34.2 Å².